The lowest BCUT2D eigenvalue weighted by molar-refractivity contribution is -0.141. The van der Waals surface area contributed by atoms with Crippen LogP contribution in [0.25, 0.3) is 0 Å². The van der Waals surface area contributed by atoms with E-state index in [1.54, 1.807) is 13.8 Å². The highest BCUT2D eigenvalue weighted by Gasteiger charge is 2.26. The first-order valence-electron chi connectivity index (χ1n) is 4.29. The van der Waals surface area contributed by atoms with Crippen LogP contribution in [0.1, 0.15) is 13.8 Å². The van der Waals surface area contributed by atoms with Crippen LogP contribution in [0.2, 0.25) is 0 Å². The number of rotatable bonds is 6. The van der Waals surface area contributed by atoms with Gasteiger partial charge < -0.3 is 15.9 Å². The number of primary amides is 1. The second kappa shape index (κ2) is 5.56. The number of amides is 1. The average Bonchev–Trinajstić information content (AvgIpc) is 2.03. The van der Waals surface area contributed by atoms with Crippen molar-refractivity contribution in [2.45, 2.75) is 25.9 Å². The zero-order valence-electron chi connectivity index (χ0n) is 8.23. The number of nitrogens with two attached hydrogens (primary N) is 1. The van der Waals surface area contributed by atoms with Gasteiger partial charge in [0.2, 0.25) is 5.91 Å². The van der Waals surface area contributed by atoms with Crippen molar-refractivity contribution >= 4 is 11.9 Å². The van der Waals surface area contributed by atoms with Gasteiger partial charge in [0.15, 0.2) is 0 Å². The molecule has 82 valence electrons. The minimum Gasteiger partial charge on any atom is -0.480 e. The van der Waals surface area contributed by atoms with Gasteiger partial charge in [0.1, 0.15) is 12.1 Å². The SMILES string of the molecule is CC(C)[C@H](NC(CO)C(N)=O)C(=O)O. The highest BCUT2D eigenvalue weighted by molar-refractivity contribution is 5.81. The smallest absolute Gasteiger partial charge is 0.320 e. The molecule has 0 radical (unpaired) electrons. The Kier molecular flexibility index (Phi) is 5.11. The van der Waals surface area contributed by atoms with E-state index in [1.165, 1.54) is 0 Å². The van der Waals surface area contributed by atoms with Crippen molar-refractivity contribution in [2.24, 2.45) is 11.7 Å². The quantitative estimate of drug-likeness (QED) is 0.422. The number of aliphatic hydroxyl groups is 1. The maximum atomic E-state index is 10.7. The molecule has 2 atom stereocenters. The van der Waals surface area contributed by atoms with E-state index in [0.29, 0.717) is 0 Å². The summed E-state index contributed by atoms with van der Waals surface area (Å²) < 4.78 is 0. The summed E-state index contributed by atoms with van der Waals surface area (Å²) in [5.74, 6) is -2.03. The van der Waals surface area contributed by atoms with E-state index in [4.69, 9.17) is 15.9 Å². The first kappa shape index (κ1) is 12.9. The van der Waals surface area contributed by atoms with Crippen molar-refractivity contribution in [3.05, 3.63) is 0 Å². The summed E-state index contributed by atoms with van der Waals surface area (Å²) in [7, 11) is 0. The van der Waals surface area contributed by atoms with Gasteiger partial charge in [-0.15, -0.1) is 0 Å². The number of aliphatic carboxylic acids is 1. The molecule has 0 bridgehead atoms. The molecule has 1 unspecified atom stereocenters. The summed E-state index contributed by atoms with van der Waals surface area (Å²) in [5.41, 5.74) is 4.94. The van der Waals surface area contributed by atoms with Crippen LogP contribution in [0.5, 0.6) is 0 Å². The molecule has 0 aromatic heterocycles. The molecule has 5 N–H and O–H groups in total. The predicted molar refractivity (Wildman–Crippen MR) is 49.5 cm³/mol. The maximum Gasteiger partial charge on any atom is 0.320 e. The summed E-state index contributed by atoms with van der Waals surface area (Å²) in [5, 5.41) is 20.0. The average molecular weight is 204 g/mol. The molecule has 0 aliphatic carbocycles. The molecule has 6 nitrogen and oxygen atoms in total. The van der Waals surface area contributed by atoms with Crippen molar-refractivity contribution in [3.63, 3.8) is 0 Å². The first-order valence-corrected chi connectivity index (χ1v) is 4.29. The van der Waals surface area contributed by atoms with Crippen molar-refractivity contribution in [1.29, 1.82) is 0 Å². The van der Waals surface area contributed by atoms with E-state index >= 15 is 0 Å². The molecule has 0 aliphatic heterocycles. The van der Waals surface area contributed by atoms with Crippen molar-refractivity contribution < 1.29 is 19.8 Å². The number of carbonyl (C=O) groups excluding carboxylic acids is 1. The largest absolute Gasteiger partial charge is 0.480 e. The fourth-order valence-electron chi connectivity index (χ4n) is 0.990. The van der Waals surface area contributed by atoms with E-state index in [-0.39, 0.29) is 5.92 Å². The van der Waals surface area contributed by atoms with Crippen LogP contribution in [0, 0.1) is 5.92 Å². The van der Waals surface area contributed by atoms with Gasteiger partial charge in [-0.05, 0) is 5.92 Å². The Hall–Kier alpha value is -1.14. The lowest BCUT2D eigenvalue weighted by atomic mass is 10.0. The Bertz CT molecular complexity index is 217. The van der Waals surface area contributed by atoms with Gasteiger partial charge in [-0.3, -0.25) is 14.9 Å². The van der Waals surface area contributed by atoms with Crippen LogP contribution < -0.4 is 11.1 Å². The monoisotopic (exact) mass is 204 g/mol. The zero-order chi connectivity index (χ0) is 11.3. The maximum absolute atomic E-state index is 10.7. The number of carboxylic acid groups (broad SMARTS) is 1. The lowest BCUT2D eigenvalue weighted by Crippen LogP contribution is -2.53. The molecule has 0 saturated heterocycles. The van der Waals surface area contributed by atoms with Crippen LogP contribution >= 0.6 is 0 Å². The Labute approximate surface area is 82.1 Å². The summed E-state index contributed by atoms with van der Waals surface area (Å²) in [6.07, 6.45) is 0. The molecule has 0 aliphatic rings. The fourth-order valence-corrected chi connectivity index (χ4v) is 0.990. The lowest BCUT2D eigenvalue weighted by Gasteiger charge is -2.22. The molecule has 6 heteroatoms. The molecule has 14 heavy (non-hydrogen) atoms. The van der Waals surface area contributed by atoms with Crippen LogP contribution in [-0.2, 0) is 9.59 Å². The summed E-state index contributed by atoms with van der Waals surface area (Å²) in [6, 6.07) is -1.90. The zero-order valence-corrected chi connectivity index (χ0v) is 8.23. The second-order valence-corrected chi connectivity index (χ2v) is 3.36. The van der Waals surface area contributed by atoms with E-state index in [1.807, 2.05) is 0 Å². The van der Waals surface area contributed by atoms with Crippen molar-refractivity contribution in [1.82, 2.24) is 5.32 Å². The van der Waals surface area contributed by atoms with Gasteiger partial charge in [-0.2, -0.15) is 0 Å². The minimum absolute atomic E-state index is 0.194. The van der Waals surface area contributed by atoms with Gasteiger partial charge in [-0.1, -0.05) is 13.8 Å². The Balaban J connectivity index is 4.41. The predicted octanol–water partition coefficient (Wildman–Crippen LogP) is -1.47. The van der Waals surface area contributed by atoms with Crippen LogP contribution in [-0.4, -0.2) is 40.8 Å². The van der Waals surface area contributed by atoms with Crippen LogP contribution in [0.15, 0.2) is 0 Å². The number of aliphatic hydroxyl groups excluding tert-OH is 1. The number of hydrogen-bond donors (Lipinski definition) is 4. The van der Waals surface area contributed by atoms with Gasteiger partial charge in [0.05, 0.1) is 6.61 Å². The fraction of sp³-hybridized carbons (Fsp3) is 0.750. The number of hydrogen-bond acceptors (Lipinski definition) is 4. The van der Waals surface area contributed by atoms with Gasteiger partial charge in [0, 0.05) is 0 Å². The highest BCUT2D eigenvalue weighted by atomic mass is 16.4. The molecule has 0 spiro atoms. The summed E-state index contributed by atoms with van der Waals surface area (Å²) in [6.45, 7) is 2.88. The molecule has 0 fully saturated rings. The molecular weight excluding hydrogens is 188 g/mol. The molecule has 0 rings (SSSR count). The first-order chi connectivity index (χ1) is 6.40. The molecule has 0 aromatic carbocycles. The van der Waals surface area contributed by atoms with Gasteiger partial charge in [0.25, 0.3) is 0 Å². The normalized spacial score (nSPS) is 15.1. The second-order valence-electron chi connectivity index (χ2n) is 3.36. The molecular formula is C8H16N2O4. The van der Waals surface area contributed by atoms with Gasteiger partial charge >= 0.3 is 5.97 Å². The van der Waals surface area contributed by atoms with Crippen molar-refractivity contribution in [2.75, 3.05) is 6.61 Å². The van der Waals surface area contributed by atoms with Crippen LogP contribution in [0.4, 0.5) is 0 Å². The summed E-state index contributed by atoms with van der Waals surface area (Å²) in [4.78, 5) is 21.4. The van der Waals surface area contributed by atoms with Crippen molar-refractivity contribution in [3.8, 4) is 0 Å². The third-order valence-corrected chi connectivity index (χ3v) is 1.84. The van der Waals surface area contributed by atoms with E-state index in [0.717, 1.165) is 0 Å². The number of nitrogens with one attached hydrogen (secondary N) is 1. The Morgan fingerprint density at radius 2 is 1.93 bits per heavy atom. The van der Waals surface area contributed by atoms with E-state index in [2.05, 4.69) is 5.32 Å². The topological polar surface area (TPSA) is 113 Å². The Morgan fingerprint density at radius 3 is 2.14 bits per heavy atom. The summed E-state index contributed by atoms with van der Waals surface area (Å²) >= 11 is 0. The van der Waals surface area contributed by atoms with Crippen LogP contribution in [0.3, 0.4) is 0 Å². The van der Waals surface area contributed by atoms with E-state index in [9.17, 15) is 9.59 Å². The Morgan fingerprint density at radius 1 is 1.43 bits per heavy atom. The standard InChI is InChI=1S/C8H16N2O4/c1-4(2)6(8(13)14)10-5(3-11)7(9)12/h4-6,10-11H,3H2,1-2H3,(H2,9,12)(H,13,14)/t5?,6-/m0/s1. The molecule has 0 aromatic rings. The number of carboxylic acids is 1. The minimum atomic E-state index is -1.07. The molecule has 1 amide bonds. The third kappa shape index (κ3) is 3.71. The third-order valence-electron chi connectivity index (χ3n) is 1.84. The molecule has 0 saturated carbocycles. The van der Waals surface area contributed by atoms with Gasteiger partial charge in [-0.25, -0.2) is 0 Å². The van der Waals surface area contributed by atoms with E-state index < -0.39 is 30.6 Å². The highest BCUT2D eigenvalue weighted by Crippen LogP contribution is 2.02. The molecule has 0 heterocycles. The number of carbonyl (C=O) groups is 2.